The number of hydrogen-bond acceptors (Lipinski definition) is 6. The maximum absolute atomic E-state index is 12.3. The summed E-state index contributed by atoms with van der Waals surface area (Å²) < 4.78 is 10.1. The minimum Gasteiger partial charge on any atom is -0.493 e. The van der Waals surface area contributed by atoms with Crippen LogP contribution in [-0.2, 0) is 4.79 Å². The molecule has 0 saturated carbocycles. The van der Waals surface area contributed by atoms with Gasteiger partial charge in [-0.3, -0.25) is 19.7 Å². The average molecular weight is 339 g/mol. The van der Waals surface area contributed by atoms with E-state index in [1.54, 1.807) is 0 Å². The number of amides is 2. The van der Waals surface area contributed by atoms with E-state index in [2.05, 4.69) is 10.6 Å². The van der Waals surface area contributed by atoms with E-state index in [9.17, 15) is 19.7 Å². The second kappa shape index (κ2) is 8.70. The number of rotatable bonds is 8. The first-order chi connectivity index (χ1) is 11.3. The molecule has 0 spiro atoms. The van der Waals surface area contributed by atoms with E-state index < -0.39 is 22.6 Å². The van der Waals surface area contributed by atoms with Gasteiger partial charge in [-0.2, -0.15) is 0 Å². The van der Waals surface area contributed by atoms with Crippen LogP contribution in [0.2, 0.25) is 0 Å². The van der Waals surface area contributed by atoms with Gasteiger partial charge in [-0.25, -0.2) is 0 Å². The molecule has 9 heteroatoms. The molecule has 24 heavy (non-hydrogen) atoms. The van der Waals surface area contributed by atoms with E-state index in [1.165, 1.54) is 27.2 Å². The van der Waals surface area contributed by atoms with E-state index in [0.29, 0.717) is 6.54 Å². The van der Waals surface area contributed by atoms with Crippen LogP contribution in [0.3, 0.4) is 0 Å². The molecule has 2 amide bonds. The van der Waals surface area contributed by atoms with Gasteiger partial charge in [-0.15, -0.1) is 0 Å². The van der Waals surface area contributed by atoms with Crippen molar-refractivity contribution in [1.29, 1.82) is 0 Å². The van der Waals surface area contributed by atoms with Crippen LogP contribution in [0.25, 0.3) is 0 Å². The highest BCUT2D eigenvalue weighted by Gasteiger charge is 2.26. The van der Waals surface area contributed by atoms with Gasteiger partial charge >= 0.3 is 0 Å². The number of carbonyl (C=O) groups is 2. The summed E-state index contributed by atoms with van der Waals surface area (Å²) >= 11 is 0. The van der Waals surface area contributed by atoms with E-state index in [0.717, 1.165) is 12.5 Å². The van der Waals surface area contributed by atoms with E-state index in [4.69, 9.17) is 9.47 Å². The first-order valence-electron chi connectivity index (χ1n) is 7.34. The molecule has 1 rings (SSSR count). The van der Waals surface area contributed by atoms with Crippen LogP contribution in [0.1, 0.15) is 30.6 Å². The summed E-state index contributed by atoms with van der Waals surface area (Å²) in [6, 6.07) is 1.48. The lowest BCUT2D eigenvalue weighted by atomic mass is 10.1. The van der Waals surface area contributed by atoms with Crippen molar-refractivity contribution >= 4 is 17.5 Å². The lowest BCUT2D eigenvalue weighted by Gasteiger charge is -2.15. The normalized spacial score (nSPS) is 11.3. The molecular formula is C15H21N3O6. The molecule has 0 radical (unpaired) electrons. The van der Waals surface area contributed by atoms with Gasteiger partial charge in [-0.05, 0) is 13.3 Å². The van der Waals surface area contributed by atoms with Crippen molar-refractivity contribution in [2.24, 2.45) is 0 Å². The fourth-order valence-corrected chi connectivity index (χ4v) is 1.94. The first-order valence-corrected chi connectivity index (χ1v) is 7.34. The van der Waals surface area contributed by atoms with Gasteiger partial charge in [-0.1, -0.05) is 6.92 Å². The average Bonchev–Trinajstić information content (AvgIpc) is 2.57. The molecule has 0 saturated heterocycles. The fourth-order valence-electron chi connectivity index (χ4n) is 1.94. The Labute approximate surface area is 139 Å². The highest BCUT2D eigenvalue weighted by atomic mass is 16.6. The Morgan fingerprint density at radius 1 is 1.25 bits per heavy atom. The Bertz CT molecular complexity index is 632. The topological polar surface area (TPSA) is 120 Å². The lowest BCUT2D eigenvalue weighted by Crippen LogP contribution is -2.45. The molecule has 1 aromatic carbocycles. The number of carbonyl (C=O) groups excluding carboxylic acids is 2. The molecule has 0 fully saturated rings. The summed E-state index contributed by atoms with van der Waals surface area (Å²) in [7, 11) is 2.69. The number of ether oxygens (including phenoxy) is 2. The second-order valence-corrected chi connectivity index (χ2v) is 4.97. The molecule has 0 aromatic heterocycles. The van der Waals surface area contributed by atoms with Gasteiger partial charge in [0.05, 0.1) is 25.2 Å². The number of benzene rings is 1. The summed E-state index contributed by atoms with van der Waals surface area (Å²) in [4.78, 5) is 34.7. The third-order valence-electron chi connectivity index (χ3n) is 3.23. The zero-order chi connectivity index (χ0) is 18.3. The maximum atomic E-state index is 12.3. The SMILES string of the molecule is CCCNC(=O)C(C)NC(=O)c1cc(OC)c(OC)cc1[N+](=O)[O-]. The molecule has 0 aliphatic carbocycles. The highest BCUT2D eigenvalue weighted by molar-refractivity contribution is 6.01. The van der Waals surface area contributed by atoms with Crippen LogP contribution in [0.15, 0.2) is 12.1 Å². The van der Waals surface area contributed by atoms with Gasteiger partial charge in [0.25, 0.3) is 11.6 Å². The molecule has 1 aromatic rings. The zero-order valence-electron chi connectivity index (χ0n) is 14.0. The van der Waals surface area contributed by atoms with E-state index in [-0.39, 0.29) is 23.0 Å². The van der Waals surface area contributed by atoms with E-state index in [1.807, 2.05) is 6.92 Å². The quantitative estimate of drug-likeness (QED) is 0.543. The van der Waals surface area contributed by atoms with Crippen molar-refractivity contribution in [2.45, 2.75) is 26.3 Å². The standard InChI is InChI=1S/C15H21N3O6/c1-5-6-16-14(19)9(2)17-15(20)10-7-12(23-3)13(24-4)8-11(10)18(21)22/h7-9H,5-6H2,1-4H3,(H,16,19)(H,17,20). The third-order valence-corrected chi connectivity index (χ3v) is 3.23. The van der Waals surface area contributed by atoms with Gasteiger partial charge < -0.3 is 20.1 Å². The van der Waals surface area contributed by atoms with Crippen LogP contribution in [0.5, 0.6) is 11.5 Å². The molecule has 9 nitrogen and oxygen atoms in total. The smallest absolute Gasteiger partial charge is 0.286 e. The largest absolute Gasteiger partial charge is 0.493 e. The number of methoxy groups -OCH3 is 2. The lowest BCUT2D eigenvalue weighted by molar-refractivity contribution is -0.385. The molecule has 132 valence electrons. The van der Waals surface area contributed by atoms with Crippen molar-refractivity contribution in [2.75, 3.05) is 20.8 Å². The van der Waals surface area contributed by atoms with Crippen molar-refractivity contribution < 1.29 is 24.0 Å². The Morgan fingerprint density at radius 3 is 2.33 bits per heavy atom. The Balaban J connectivity index is 3.08. The van der Waals surface area contributed by atoms with Crippen molar-refractivity contribution in [3.63, 3.8) is 0 Å². The predicted molar refractivity (Wildman–Crippen MR) is 86.4 cm³/mol. The summed E-state index contributed by atoms with van der Waals surface area (Å²) in [5.41, 5.74) is -0.654. The third kappa shape index (κ3) is 4.58. The monoisotopic (exact) mass is 339 g/mol. The Kier molecular flexibility index (Phi) is 6.97. The molecule has 0 heterocycles. The number of nitrogens with one attached hydrogen (secondary N) is 2. The van der Waals surface area contributed by atoms with Crippen molar-refractivity contribution in [3.8, 4) is 11.5 Å². The van der Waals surface area contributed by atoms with Crippen molar-refractivity contribution in [1.82, 2.24) is 10.6 Å². The first kappa shape index (κ1) is 19.2. The van der Waals surface area contributed by atoms with Crippen LogP contribution in [0.4, 0.5) is 5.69 Å². The Hall–Kier alpha value is -2.84. The molecule has 0 aliphatic rings. The van der Waals surface area contributed by atoms with Crippen molar-refractivity contribution in [3.05, 3.63) is 27.8 Å². The number of nitrogens with zero attached hydrogens (tertiary/aromatic N) is 1. The molecular weight excluding hydrogens is 318 g/mol. The van der Waals surface area contributed by atoms with Crippen LogP contribution >= 0.6 is 0 Å². The molecule has 1 unspecified atom stereocenters. The number of nitro benzene ring substituents is 1. The maximum Gasteiger partial charge on any atom is 0.286 e. The minimum absolute atomic E-state index is 0.134. The van der Waals surface area contributed by atoms with Gasteiger partial charge in [0, 0.05) is 12.6 Å². The van der Waals surface area contributed by atoms with Crippen LogP contribution in [0, 0.1) is 10.1 Å². The summed E-state index contributed by atoms with van der Waals surface area (Å²) in [6.07, 6.45) is 0.757. The molecule has 0 aliphatic heterocycles. The van der Waals surface area contributed by atoms with Crippen LogP contribution < -0.4 is 20.1 Å². The fraction of sp³-hybridized carbons (Fsp3) is 0.467. The summed E-state index contributed by atoms with van der Waals surface area (Å²) in [6.45, 7) is 3.88. The molecule has 0 bridgehead atoms. The highest BCUT2D eigenvalue weighted by Crippen LogP contribution is 2.34. The van der Waals surface area contributed by atoms with Gasteiger partial charge in [0.15, 0.2) is 11.5 Å². The van der Waals surface area contributed by atoms with Crippen LogP contribution in [-0.4, -0.2) is 43.5 Å². The number of hydrogen-bond donors (Lipinski definition) is 2. The summed E-state index contributed by atoms with van der Waals surface area (Å²) in [5.74, 6) is -0.805. The molecule has 2 N–H and O–H groups in total. The predicted octanol–water partition coefficient (Wildman–Crippen LogP) is 1.26. The number of nitro groups is 1. The van der Waals surface area contributed by atoms with E-state index >= 15 is 0 Å². The zero-order valence-corrected chi connectivity index (χ0v) is 14.0. The summed E-state index contributed by atoms with van der Waals surface area (Å²) in [5, 5.41) is 16.3. The van der Waals surface area contributed by atoms with Gasteiger partial charge in [0.2, 0.25) is 5.91 Å². The van der Waals surface area contributed by atoms with Gasteiger partial charge in [0.1, 0.15) is 11.6 Å². The minimum atomic E-state index is -0.836. The second-order valence-electron chi connectivity index (χ2n) is 4.97. The molecule has 1 atom stereocenters. The Morgan fingerprint density at radius 2 is 1.83 bits per heavy atom.